The number of likely N-dealkylation sites (tertiary alicyclic amines) is 1. The van der Waals surface area contributed by atoms with Crippen LogP contribution in [0.15, 0.2) is 48.5 Å². The molecule has 4 nitrogen and oxygen atoms in total. The van der Waals surface area contributed by atoms with Crippen LogP contribution in [0, 0.1) is 11.7 Å². The van der Waals surface area contributed by atoms with Crippen LogP contribution in [0.5, 0.6) is 0 Å². The Balaban J connectivity index is 1.91. The molecule has 27 heavy (non-hydrogen) atoms. The number of aliphatic hydroxyl groups is 1. The van der Waals surface area contributed by atoms with E-state index in [2.05, 4.69) is 5.32 Å². The number of hydrogen-bond donors (Lipinski definition) is 2. The molecule has 0 aromatic heterocycles. The second-order valence-corrected chi connectivity index (χ2v) is 6.58. The zero-order valence-electron chi connectivity index (χ0n) is 14.4. The van der Waals surface area contributed by atoms with Gasteiger partial charge in [-0.05, 0) is 30.8 Å². The third kappa shape index (κ3) is 3.96. The Hall–Kier alpha value is -2.45. The number of para-hydroxylation sites is 1. The fourth-order valence-electron chi connectivity index (χ4n) is 3.37. The summed E-state index contributed by atoms with van der Waals surface area (Å²) >= 11 is 0. The number of aliphatic hydroxyl groups excluding tert-OH is 1. The highest BCUT2D eigenvalue weighted by atomic mass is 19.4. The highest BCUT2D eigenvalue weighted by Crippen LogP contribution is 2.38. The van der Waals surface area contributed by atoms with Crippen LogP contribution >= 0.6 is 0 Å². The molecule has 1 amide bonds. The topological polar surface area (TPSA) is 52.6 Å². The molecule has 1 unspecified atom stereocenters. The highest BCUT2D eigenvalue weighted by Gasteiger charge is 2.45. The van der Waals surface area contributed by atoms with E-state index in [4.69, 9.17) is 0 Å². The first-order valence-corrected chi connectivity index (χ1v) is 8.29. The van der Waals surface area contributed by atoms with E-state index in [0.717, 1.165) is 12.1 Å². The molecular weight excluding hydrogens is 364 g/mol. The number of alkyl halides is 3. The molecule has 0 aliphatic carbocycles. The fraction of sp³-hybridized carbons (Fsp3) is 0.316. The van der Waals surface area contributed by atoms with Crippen molar-refractivity contribution in [3.63, 3.8) is 0 Å². The molecule has 1 aliphatic heterocycles. The molecule has 2 aromatic rings. The molecule has 1 fully saturated rings. The van der Waals surface area contributed by atoms with Gasteiger partial charge >= 0.3 is 6.18 Å². The monoisotopic (exact) mass is 382 g/mol. The number of carbonyl (C=O) groups excluding carboxylic acids is 1. The fourth-order valence-corrected chi connectivity index (χ4v) is 3.37. The minimum absolute atomic E-state index is 0.0490. The number of rotatable bonds is 3. The predicted molar refractivity (Wildman–Crippen MR) is 91.3 cm³/mol. The molecule has 3 atom stereocenters. The van der Waals surface area contributed by atoms with Crippen LogP contribution in [0.4, 0.5) is 23.2 Å². The van der Waals surface area contributed by atoms with E-state index in [1.54, 1.807) is 13.1 Å². The van der Waals surface area contributed by atoms with Crippen LogP contribution < -0.4 is 5.32 Å². The van der Waals surface area contributed by atoms with Crippen molar-refractivity contribution in [2.24, 2.45) is 5.92 Å². The first-order chi connectivity index (χ1) is 12.7. The van der Waals surface area contributed by atoms with Gasteiger partial charge in [0.15, 0.2) is 0 Å². The number of halogens is 4. The third-order valence-electron chi connectivity index (χ3n) is 4.77. The maximum atomic E-state index is 13.8. The second-order valence-electron chi connectivity index (χ2n) is 6.58. The van der Waals surface area contributed by atoms with E-state index in [1.807, 2.05) is 0 Å². The van der Waals surface area contributed by atoms with Crippen molar-refractivity contribution in [2.75, 3.05) is 18.9 Å². The van der Waals surface area contributed by atoms with Gasteiger partial charge in [-0.1, -0.05) is 30.3 Å². The number of benzene rings is 2. The van der Waals surface area contributed by atoms with E-state index in [1.165, 1.54) is 35.2 Å². The zero-order chi connectivity index (χ0) is 19.8. The number of nitrogens with zero attached hydrogens (tertiary/aromatic N) is 1. The Morgan fingerprint density at radius 2 is 1.89 bits per heavy atom. The molecule has 2 aromatic carbocycles. The average Bonchev–Trinajstić information content (AvgIpc) is 2.91. The molecular formula is C19H18F4N2O2. The van der Waals surface area contributed by atoms with Gasteiger partial charge in [-0.2, -0.15) is 13.2 Å². The maximum absolute atomic E-state index is 13.8. The lowest BCUT2D eigenvalue weighted by molar-refractivity contribution is -0.137. The van der Waals surface area contributed by atoms with E-state index >= 15 is 0 Å². The summed E-state index contributed by atoms with van der Waals surface area (Å²) in [5, 5.41) is 12.8. The van der Waals surface area contributed by atoms with Gasteiger partial charge in [0.05, 0.1) is 17.2 Å². The van der Waals surface area contributed by atoms with Crippen LogP contribution in [-0.4, -0.2) is 35.7 Å². The number of anilines is 1. The molecule has 0 bridgehead atoms. The molecule has 0 spiro atoms. The average molecular weight is 382 g/mol. The summed E-state index contributed by atoms with van der Waals surface area (Å²) in [6.45, 7) is 0.192. The third-order valence-corrected chi connectivity index (χ3v) is 4.77. The minimum atomic E-state index is -4.51. The summed E-state index contributed by atoms with van der Waals surface area (Å²) < 4.78 is 52.8. The van der Waals surface area contributed by atoms with E-state index in [9.17, 15) is 27.5 Å². The largest absolute Gasteiger partial charge is 0.416 e. The van der Waals surface area contributed by atoms with Gasteiger partial charge in [0.25, 0.3) is 0 Å². The molecule has 144 valence electrons. The van der Waals surface area contributed by atoms with Crippen molar-refractivity contribution in [1.82, 2.24) is 4.90 Å². The molecule has 8 heteroatoms. The summed E-state index contributed by atoms with van der Waals surface area (Å²) in [4.78, 5) is 14.2. The number of likely N-dealkylation sites (N-methyl/N-ethyl adjacent to an activating group) is 1. The second kappa shape index (κ2) is 7.28. The standard InChI is InChI=1S/C19H18F4N2O2/c1-25-10-13(11-5-4-6-12(9-11)19(21,22)23)16(18(25)27)17(26)24-15-8-3-2-7-14(15)20/h2-9,13,16,18,27H,10H2,1H3,(H,24,26)/t13-,16+,18?/m1/s1. The molecule has 0 saturated carbocycles. The summed E-state index contributed by atoms with van der Waals surface area (Å²) in [7, 11) is 1.57. The summed E-state index contributed by atoms with van der Waals surface area (Å²) in [6, 6.07) is 10.3. The lowest BCUT2D eigenvalue weighted by atomic mass is 9.86. The minimum Gasteiger partial charge on any atom is -0.378 e. The van der Waals surface area contributed by atoms with E-state index < -0.39 is 41.5 Å². The van der Waals surface area contributed by atoms with Gasteiger partial charge in [-0.25, -0.2) is 4.39 Å². The molecule has 2 N–H and O–H groups in total. The van der Waals surface area contributed by atoms with Gasteiger partial charge in [0.1, 0.15) is 12.0 Å². The summed E-state index contributed by atoms with van der Waals surface area (Å²) in [6.07, 6.45) is -5.71. The highest BCUT2D eigenvalue weighted by molar-refractivity contribution is 5.94. The van der Waals surface area contributed by atoms with Crippen LogP contribution in [0.2, 0.25) is 0 Å². The lowest BCUT2D eigenvalue weighted by Crippen LogP contribution is -2.36. The Bertz CT molecular complexity index is 840. The number of amides is 1. The van der Waals surface area contributed by atoms with Crippen LogP contribution in [0.1, 0.15) is 17.0 Å². The van der Waals surface area contributed by atoms with Crippen LogP contribution in [-0.2, 0) is 11.0 Å². The molecule has 3 rings (SSSR count). The van der Waals surface area contributed by atoms with Crippen LogP contribution in [0.25, 0.3) is 0 Å². The van der Waals surface area contributed by atoms with Crippen LogP contribution in [0.3, 0.4) is 0 Å². The summed E-state index contributed by atoms with van der Waals surface area (Å²) in [5.41, 5.74) is -0.578. The van der Waals surface area contributed by atoms with E-state index in [-0.39, 0.29) is 12.2 Å². The first kappa shape index (κ1) is 19.3. The quantitative estimate of drug-likeness (QED) is 0.800. The molecule has 0 radical (unpaired) electrons. The number of carbonyl (C=O) groups is 1. The van der Waals surface area contributed by atoms with Gasteiger partial charge in [-0.3, -0.25) is 9.69 Å². The van der Waals surface area contributed by atoms with Crippen molar-refractivity contribution < 1.29 is 27.5 Å². The molecule has 1 aliphatic rings. The van der Waals surface area contributed by atoms with Crippen molar-refractivity contribution in [3.8, 4) is 0 Å². The number of hydrogen-bond acceptors (Lipinski definition) is 3. The van der Waals surface area contributed by atoms with Gasteiger partial charge < -0.3 is 10.4 Å². The first-order valence-electron chi connectivity index (χ1n) is 8.29. The van der Waals surface area contributed by atoms with Crippen molar-refractivity contribution in [3.05, 3.63) is 65.5 Å². The van der Waals surface area contributed by atoms with Gasteiger partial charge in [0.2, 0.25) is 5.91 Å². The lowest BCUT2D eigenvalue weighted by Gasteiger charge is -2.22. The van der Waals surface area contributed by atoms with Crippen molar-refractivity contribution in [2.45, 2.75) is 18.3 Å². The van der Waals surface area contributed by atoms with Crippen molar-refractivity contribution >= 4 is 11.6 Å². The Kier molecular flexibility index (Phi) is 5.21. The predicted octanol–water partition coefficient (Wildman–Crippen LogP) is 3.45. The van der Waals surface area contributed by atoms with Gasteiger partial charge in [0, 0.05) is 12.5 Å². The SMILES string of the molecule is CN1C[C@H](c2cccc(C(F)(F)F)c2)[C@@H](C(=O)Nc2ccccc2F)C1O. The smallest absolute Gasteiger partial charge is 0.378 e. The molecule has 1 heterocycles. The van der Waals surface area contributed by atoms with E-state index in [0.29, 0.717) is 5.56 Å². The van der Waals surface area contributed by atoms with Crippen molar-refractivity contribution in [1.29, 1.82) is 0 Å². The Labute approximate surface area is 153 Å². The zero-order valence-corrected chi connectivity index (χ0v) is 14.4. The maximum Gasteiger partial charge on any atom is 0.416 e. The summed E-state index contributed by atoms with van der Waals surface area (Å²) in [5.74, 6) is -3.00. The normalized spacial score (nSPS) is 23.4. The molecule has 1 saturated heterocycles. The Morgan fingerprint density at radius 1 is 1.19 bits per heavy atom. The Morgan fingerprint density at radius 3 is 2.56 bits per heavy atom. The van der Waals surface area contributed by atoms with Gasteiger partial charge in [-0.15, -0.1) is 0 Å². The number of nitrogens with one attached hydrogen (secondary N) is 1.